The lowest BCUT2D eigenvalue weighted by molar-refractivity contribution is -0.114. The number of amidine groups is 1. The third kappa shape index (κ3) is 4.85. The van der Waals surface area contributed by atoms with E-state index in [9.17, 15) is 17.6 Å². The molecule has 164 valence electrons. The summed E-state index contributed by atoms with van der Waals surface area (Å²) in [4.78, 5) is 19.1. The van der Waals surface area contributed by atoms with Crippen molar-refractivity contribution in [1.82, 2.24) is 0 Å². The van der Waals surface area contributed by atoms with Gasteiger partial charge in [-0.15, -0.1) is 0 Å². The smallest absolute Gasteiger partial charge is 0.244 e. The minimum absolute atomic E-state index is 0.0228. The van der Waals surface area contributed by atoms with Gasteiger partial charge in [0.2, 0.25) is 5.91 Å². The van der Waals surface area contributed by atoms with Crippen molar-refractivity contribution in [2.45, 2.75) is 18.2 Å². The first-order valence-electron chi connectivity index (χ1n) is 9.66. The number of aliphatic imine (C=N–C) groups is 1. The van der Waals surface area contributed by atoms with Gasteiger partial charge in [0.1, 0.15) is 18.1 Å². The van der Waals surface area contributed by atoms with E-state index in [1.807, 2.05) is 6.07 Å². The second-order valence-corrected chi connectivity index (χ2v) is 10.9. The van der Waals surface area contributed by atoms with Crippen molar-refractivity contribution in [3.05, 3.63) is 53.8 Å². The molecule has 0 aromatic heterocycles. The van der Waals surface area contributed by atoms with E-state index in [0.717, 1.165) is 0 Å². The molecule has 1 amide bonds. The van der Waals surface area contributed by atoms with Gasteiger partial charge in [-0.2, -0.15) is 0 Å². The number of amides is 1. The number of anilines is 2. The molecular weight excluding hydrogens is 441 g/mol. The van der Waals surface area contributed by atoms with Crippen LogP contribution in [0.4, 0.5) is 15.8 Å². The van der Waals surface area contributed by atoms with Gasteiger partial charge in [-0.3, -0.25) is 9.79 Å². The first-order chi connectivity index (χ1) is 14.7. The van der Waals surface area contributed by atoms with E-state index in [2.05, 4.69) is 10.3 Å². The Kier molecular flexibility index (Phi) is 5.94. The minimum Gasteiger partial charge on any atom is -0.497 e. The summed E-state index contributed by atoms with van der Waals surface area (Å²) in [6, 6.07) is 11.4. The number of nitrogens with zero attached hydrogens (tertiary/aromatic N) is 2. The zero-order valence-corrected chi connectivity index (χ0v) is 18.7. The Bertz CT molecular complexity index is 1150. The Morgan fingerprint density at radius 3 is 2.81 bits per heavy atom. The highest BCUT2D eigenvalue weighted by molar-refractivity contribution is 8.15. The number of hydrogen-bond acceptors (Lipinski definition) is 7. The lowest BCUT2D eigenvalue weighted by Crippen LogP contribution is -2.36. The van der Waals surface area contributed by atoms with Gasteiger partial charge in [0.25, 0.3) is 0 Å². The molecular formula is C21H22FN3O4S2. The van der Waals surface area contributed by atoms with E-state index in [1.54, 1.807) is 49.3 Å². The second-order valence-electron chi connectivity index (χ2n) is 7.51. The maximum atomic E-state index is 13.8. The number of benzene rings is 2. The van der Waals surface area contributed by atoms with Gasteiger partial charge >= 0.3 is 0 Å². The molecule has 0 radical (unpaired) electrons. The molecule has 31 heavy (non-hydrogen) atoms. The third-order valence-electron chi connectivity index (χ3n) is 5.16. The standard InChI is InChI=1S/C21H22FN3O4S2/c1-13-6-7-14(8-17(13)22)23-20(26)10-25(15-4-3-5-16(9-15)29-2)21-24-18-11-31(27,28)12-19(18)30-21/h3-9,18-19H,10-12H2,1-2H3,(H,23,26)/t18-,19-/m0/s1. The second kappa shape index (κ2) is 8.51. The number of ether oxygens (including phenoxy) is 1. The fraction of sp³-hybridized carbons (Fsp3) is 0.333. The molecule has 2 aromatic rings. The van der Waals surface area contributed by atoms with Gasteiger partial charge in [0.15, 0.2) is 15.0 Å². The van der Waals surface area contributed by atoms with Crippen LogP contribution in [0.25, 0.3) is 0 Å². The highest BCUT2D eigenvalue weighted by Crippen LogP contribution is 2.37. The molecule has 0 saturated carbocycles. The molecule has 0 spiro atoms. The number of carbonyl (C=O) groups excluding carboxylic acids is 1. The topological polar surface area (TPSA) is 88.1 Å². The Morgan fingerprint density at radius 2 is 2.10 bits per heavy atom. The number of thioether (sulfide) groups is 1. The first kappa shape index (κ1) is 21.6. The fourth-order valence-corrected chi connectivity index (χ4v) is 7.31. The van der Waals surface area contributed by atoms with Gasteiger partial charge in [0.05, 0.1) is 24.7 Å². The van der Waals surface area contributed by atoms with Crippen molar-refractivity contribution in [2.24, 2.45) is 4.99 Å². The molecule has 1 N–H and O–H groups in total. The quantitative estimate of drug-likeness (QED) is 0.734. The average Bonchev–Trinajstić information content (AvgIpc) is 3.22. The SMILES string of the molecule is COc1cccc(N(CC(=O)Nc2ccc(C)c(F)c2)C2=N[C@H]3CS(=O)(=O)C[C@@H]3S2)c1. The molecule has 2 aliphatic rings. The number of hydrogen-bond donors (Lipinski definition) is 1. The lowest BCUT2D eigenvalue weighted by atomic mass is 10.2. The predicted molar refractivity (Wildman–Crippen MR) is 121 cm³/mol. The average molecular weight is 464 g/mol. The first-order valence-corrected chi connectivity index (χ1v) is 12.4. The van der Waals surface area contributed by atoms with Crippen LogP contribution in [0, 0.1) is 12.7 Å². The van der Waals surface area contributed by atoms with Crippen molar-refractivity contribution in [3.8, 4) is 5.75 Å². The minimum atomic E-state index is -3.08. The highest BCUT2D eigenvalue weighted by Gasteiger charge is 2.44. The van der Waals surface area contributed by atoms with E-state index < -0.39 is 15.7 Å². The van der Waals surface area contributed by atoms with Crippen molar-refractivity contribution < 1.29 is 22.3 Å². The predicted octanol–water partition coefficient (Wildman–Crippen LogP) is 2.86. The van der Waals surface area contributed by atoms with Gasteiger partial charge in [0, 0.05) is 22.7 Å². The number of fused-ring (bicyclic) bond motifs is 1. The number of rotatable bonds is 5. The largest absolute Gasteiger partial charge is 0.497 e. The molecule has 2 aromatic carbocycles. The van der Waals surface area contributed by atoms with Crippen molar-refractivity contribution in [2.75, 3.05) is 35.4 Å². The molecule has 4 rings (SSSR count). The highest BCUT2D eigenvalue weighted by atomic mass is 32.2. The zero-order valence-electron chi connectivity index (χ0n) is 17.0. The van der Waals surface area contributed by atoms with Gasteiger partial charge in [-0.05, 0) is 36.8 Å². The molecule has 7 nitrogen and oxygen atoms in total. The van der Waals surface area contributed by atoms with E-state index in [1.165, 1.54) is 17.8 Å². The number of methoxy groups -OCH3 is 1. The Morgan fingerprint density at radius 1 is 1.29 bits per heavy atom. The van der Waals surface area contributed by atoms with Gasteiger partial charge < -0.3 is 15.0 Å². The summed E-state index contributed by atoms with van der Waals surface area (Å²) >= 11 is 1.37. The Balaban J connectivity index is 1.58. The van der Waals surface area contributed by atoms with Crippen LogP contribution < -0.4 is 15.0 Å². The van der Waals surface area contributed by atoms with Crippen LogP contribution in [0.1, 0.15) is 5.56 Å². The monoisotopic (exact) mass is 463 g/mol. The zero-order chi connectivity index (χ0) is 22.2. The van der Waals surface area contributed by atoms with Crippen LogP contribution in [-0.4, -0.2) is 55.9 Å². The van der Waals surface area contributed by atoms with Crippen LogP contribution in [0.5, 0.6) is 5.75 Å². The molecule has 2 aliphatic heterocycles. The van der Waals surface area contributed by atoms with Crippen molar-refractivity contribution in [3.63, 3.8) is 0 Å². The van der Waals surface area contributed by atoms with Crippen LogP contribution in [0.15, 0.2) is 47.5 Å². The van der Waals surface area contributed by atoms with Crippen LogP contribution in [-0.2, 0) is 14.6 Å². The van der Waals surface area contributed by atoms with E-state index >= 15 is 0 Å². The van der Waals surface area contributed by atoms with Gasteiger partial charge in [-0.25, -0.2) is 12.8 Å². The van der Waals surface area contributed by atoms with Gasteiger partial charge in [-0.1, -0.05) is 23.9 Å². The maximum Gasteiger partial charge on any atom is 0.244 e. The van der Waals surface area contributed by atoms with E-state index in [-0.39, 0.29) is 35.2 Å². The van der Waals surface area contributed by atoms with Crippen molar-refractivity contribution >= 4 is 44.0 Å². The fourth-order valence-electron chi connectivity index (χ4n) is 3.53. The number of aryl methyl sites for hydroxylation is 1. The number of nitrogens with one attached hydrogen (secondary N) is 1. The van der Waals surface area contributed by atoms with Crippen molar-refractivity contribution in [1.29, 1.82) is 0 Å². The number of carbonyl (C=O) groups is 1. The maximum absolute atomic E-state index is 13.8. The summed E-state index contributed by atoms with van der Waals surface area (Å²) in [7, 11) is -1.53. The number of halogens is 1. The molecule has 10 heteroatoms. The van der Waals surface area contributed by atoms with E-state index in [4.69, 9.17) is 4.74 Å². The lowest BCUT2D eigenvalue weighted by Gasteiger charge is -2.24. The molecule has 2 heterocycles. The molecule has 0 unspecified atom stereocenters. The van der Waals surface area contributed by atoms with Crippen LogP contribution in [0.2, 0.25) is 0 Å². The Labute approximate surface area is 184 Å². The van der Waals surface area contributed by atoms with Crippen LogP contribution in [0.3, 0.4) is 0 Å². The molecule has 2 atom stereocenters. The third-order valence-corrected chi connectivity index (χ3v) is 8.41. The molecule has 0 bridgehead atoms. The summed E-state index contributed by atoms with van der Waals surface area (Å²) in [5.41, 5.74) is 1.55. The summed E-state index contributed by atoms with van der Waals surface area (Å²) in [5, 5.41) is 3.15. The molecule has 1 fully saturated rings. The normalized spacial score (nSPS) is 21.3. The molecule has 0 aliphatic carbocycles. The summed E-state index contributed by atoms with van der Waals surface area (Å²) in [6.45, 7) is 1.58. The molecule has 1 saturated heterocycles. The summed E-state index contributed by atoms with van der Waals surface area (Å²) < 4.78 is 42.9. The van der Waals surface area contributed by atoms with Crippen LogP contribution >= 0.6 is 11.8 Å². The Hall–Kier alpha value is -2.59. The van der Waals surface area contributed by atoms with E-state index in [0.29, 0.717) is 27.9 Å². The summed E-state index contributed by atoms with van der Waals surface area (Å²) in [6.07, 6.45) is 0. The summed E-state index contributed by atoms with van der Waals surface area (Å²) in [5.74, 6) is -0.0217. The number of sulfone groups is 1.